The molecule has 11 heteroatoms. The largest absolute Gasteiger partial charge is 0.352 e. The second kappa shape index (κ2) is 11.4. The highest BCUT2D eigenvalue weighted by Crippen LogP contribution is 2.25. The number of hydrogen-bond acceptors (Lipinski definition) is 4. The molecule has 0 spiro atoms. The average molecular weight is 535 g/mol. The van der Waals surface area contributed by atoms with Crippen LogP contribution >= 0.6 is 34.8 Å². The SMILES string of the molecule is CC(C)NC(=O)[C@H](C)N(Cc1ccc(Cl)cc1Cl)C(=O)CN(c1ccc(Cl)cc1)S(C)(=O)=O. The van der Waals surface area contributed by atoms with E-state index in [1.54, 1.807) is 32.9 Å². The molecule has 180 valence electrons. The quantitative estimate of drug-likeness (QED) is 0.518. The first kappa shape index (κ1) is 27.2. The highest BCUT2D eigenvalue weighted by atomic mass is 35.5. The van der Waals surface area contributed by atoms with Gasteiger partial charge in [-0.05, 0) is 62.7 Å². The number of carbonyl (C=O) groups excluding carboxylic acids is 2. The molecule has 0 unspecified atom stereocenters. The van der Waals surface area contributed by atoms with E-state index >= 15 is 0 Å². The Morgan fingerprint density at radius 3 is 2.06 bits per heavy atom. The monoisotopic (exact) mass is 533 g/mol. The van der Waals surface area contributed by atoms with Crippen molar-refractivity contribution in [2.45, 2.75) is 39.4 Å². The minimum Gasteiger partial charge on any atom is -0.352 e. The van der Waals surface area contributed by atoms with Crippen molar-refractivity contribution in [1.82, 2.24) is 10.2 Å². The molecule has 33 heavy (non-hydrogen) atoms. The summed E-state index contributed by atoms with van der Waals surface area (Å²) in [6.07, 6.45) is 1.00. The van der Waals surface area contributed by atoms with Crippen molar-refractivity contribution >= 4 is 62.3 Å². The van der Waals surface area contributed by atoms with Gasteiger partial charge in [0.25, 0.3) is 0 Å². The van der Waals surface area contributed by atoms with E-state index in [4.69, 9.17) is 34.8 Å². The van der Waals surface area contributed by atoms with Crippen molar-refractivity contribution in [3.05, 3.63) is 63.1 Å². The Kier molecular flexibility index (Phi) is 9.43. The van der Waals surface area contributed by atoms with Gasteiger partial charge in [0.05, 0.1) is 11.9 Å². The zero-order valence-electron chi connectivity index (χ0n) is 18.7. The Hall–Kier alpha value is -2.00. The van der Waals surface area contributed by atoms with Gasteiger partial charge in [-0.2, -0.15) is 0 Å². The molecule has 2 aromatic rings. The number of rotatable bonds is 9. The van der Waals surface area contributed by atoms with Gasteiger partial charge in [-0.15, -0.1) is 0 Å². The number of anilines is 1. The lowest BCUT2D eigenvalue weighted by Crippen LogP contribution is -2.52. The summed E-state index contributed by atoms with van der Waals surface area (Å²) < 4.78 is 25.9. The Morgan fingerprint density at radius 2 is 1.55 bits per heavy atom. The lowest BCUT2D eigenvalue weighted by molar-refractivity contribution is -0.139. The van der Waals surface area contributed by atoms with E-state index in [0.29, 0.717) is 20.6 Å². The fourth-order valence-electron chi connectivity index (χ4n) is 3.04. The minimum absolute atomic E-state index is 0.0141. The number of nitrogens with zero attached hydrogens (tertiary/aromatic N) is 2. The van der Waals surface area contributed by atoms with Gasteiger partial charge < -0.3 is 10.2 Å². The van der Waals surface area contributed by atoms with Gasteiger partial charge in [-0.1, -0.05) is 40.9 Å². The molecular formula is C22H26Cl3N3O4S. The van der Waals surface area contributed by atoms with Crippen molar-refractivity contribution in [1.29, 1.82) is 0 Å². The second-order valence-corrected chi connectivity index (χ2v) is 11.0. The number of nitrogens with one attached hydrogen (secondary N) is 1. The molecule has 0 aliphatic carbocycles. The summed E-state index contributed by atoms with van der Waals surface area (Å²) in [5.41, 5.74) is 0.843. The Bertz CT molecular complexity index is 1110. The van der Waals surface area contributed by atoms with Gasteiger partial charge in [0.15, 0.2) is 0 Å². The van der Waals surface area contributed by atoms with Crippen molar-refractivity contribution in [3.8, 4) is 0 Å². The van der Waals surface area contributed by atoms with Gasteiger partial charge in [-0.3, -0.25) is 13.9 Å². The molecule has 1 N–H and O–H groups in total. The highest BCUT2D eigenvalue weighted by Gasteiger charge is 2.30. The Morgan fingerprint density at radius 1 is 0.970 bits per heavy atom. The summed E-state index contributed by atoms with van der Waals surface area (Å²) in [6.45, 7) is 4.66. The number of benzene rings is 2. The predicted octanol–water partition coefficient (Wildman–Crippen LogP) is 4.35. The number of sulfonamides is 1. The lowest BCUT2D eigenvalue weighted by atomic mass is 10.1. The first-order chi connectivity index (χ1) is 15.3. The fourth-order valence-corrected chi connectivity index (χ4v) is 4.49. The van der Waals surface area contributed by atoms with Crippen LogP contribution in [0.15, 0.2) is 42.5 Å². The minimum atomic E-state index is -3.81. The van der Waals surface area contributed by atoms with Crippen LogP contribution < -0.4 is 9.62 Å². The van der Waals surface area contributed by atoms with E-state index < -0.39 is 28.5 Å². The summed E-state index contributed by atoms with van der Waals surface area (Å²) >= 11 is 18.2. The smallest absolute Gasteiger partial charge is 0.244 e. The molecule has 2 amide bonds. The van der Waals surface area contributed by atoms with Crippen LogP contribution in [0.5, 0.6) is 0 Å². The molecule has 7 nitrogen and oxygen atoms in total. The first-order valence-corrected chi connectivity index (χ1v) is 13.0. The third-order valence-corrected chi connectivity index (χ3v) is 6.73. The maximum absolute atomic E-state index is 13.4. The molecule has 1 atom stereocenters. The fraction of sp³-hybridized carbons (Fsp3) is 0.364. The van der Waals surface area contributed by atoms with Crippen molar-refractivity contribution in [3.63, 3.8) is 0 Å². The van der Waals surface area contributed by atoms with Crippen molar-refractivity contribution < 1.29 is 18.0 Å². The number of amides is 2. The van der Waals surface area contributed by atoms with Crippen molar-refractivity contribution in [2.75, 3.05) is 17.1 Å². The maximum Gasteiger partial charge on any atom is 0.244 e. The highest BCUT2D eigenvalue weighted by molar-refractivity contribution is 7.92. The van der Waals surface area contributed by atoms with E-state index in [0.717, 1.165) is 10.6 Å². The second-order valence-electron chi connectivity index (χ2n) is 7.84. The van der Waals surface area contributed by atoms with E-state index in [1.165, 1.54) is 35.2 Å². The van der Waals surface area contributed by atoms with Crippen LogP contribution in [0.25, 0.3) is 0 Å². The molecular weight excluding hydrogens is 509 g/mol. The Balaban J connectivity index is 2.41. The predicted molar refractivity (Wildman–Crippen MR) is 133 cm³/mol. The third-order valence-electron chi connectivity index (χ3n) is 4.75. The summed E-state index contributed by atoms with van der Waals surface area (Å²) in [5, 5.41) is 3.96. The van der Waals surface area contributed by atoms with Crippen molar-refractivity contribution in [2.24, 2.45) is 0 Å². The summed E-state index contributed by atoms with van der Waals surface area (Å²) in [7, 11) is -3.81. The standard InChI is InChI=1S/C22H26Cl3N3O4S/c1-14(2)26-22(30)15(3)27(12-16-5-6-18(24)11-20(16)25)21(29)13-28(33(4,31)32)19-9-7-17(23)8-10-19/h5-11,14-15H,12-13H2,1-4H3,(H,26,30)/t15-/m0/s1. The van der Waals surface area contributed by atoms with Crippen LogP contribution in [-0.4, -0.2) is 50.0 Å². The lowest BCUT2D eigenvalue weighted by Gasteiger charge is -2.32. The van der Waals surface area contributed by atoms with Gasteiger partial charge in [0.2, 0.25) is 21.8 Å². The van der Waals surface area contributed by atoms with Crippen LogP contribution in [0.1, 0.15) is 26.3 Å². The molecule has 0 heterocycles. The molecule has 0 saturated carbocycles. The molecule has 2 rings (SSSR count). The molecule has 0 aliphatic rings. The van der Waals surface area contributed by atoms with E-state index in [-0.39, 0.29) is 24.2 Å². The number of carbonyl (C=O) groups is 2. The number of hydrogen-bond donors (Lipinski definition) is 1. The molecule has 0 radical (unpaired) electrons. The first-order valence-electron chi connectivity index (χ1n) is 10.1. The zero-order chi connectivity index (χ0) is 24.9. The number of halogens is 3. The van der Waals surface area contributed by atoms with E-state index in [1.807, 2.05) is 0 Å². The summed E-state index contributed by atoms with van der Waals surface area (Å²) in [6, 6.07) is 9.86. The zero-order valence-corrected chi connectivity index (χ0v) is 21.8. The van der Waals surface area contributed by atoms with Gasteiger partial charge in [-0.25, -0.2) is 8.42 Å². The Labute approximate surface area is 209 Å². The van der Waals surface area contributed by atoms with Crippen LogP contribution in [0, 0.1) is 0 Å². The summed E-state index contributed by atoms with van der Waals surface area (Å²) in [4.78, 5) is 27.4. The normalized spacial score (nSPS) is 12.4. The average Bonchev–Trinajstić information content (AvgIpc) is 2.70. The van der Waals surface area contributed by atoms with Crippen LogP contribution in [0.4, 0.5) is 5.69 Å². The van der Waals surface area contributed by atoms with Crippen LogP contribution in [0.2, 0.25) is 15.1 Å². The third kappa shape index (κ3) is 7.78. The molecule has 0 aromatic heterocycles. The van der Waals surface area contributed by atoms with Crippen LogP contribution in [0.3, 0.4) is 0 Å². The van der Waals surface area contributed by atoms with Crippen LogP contribution in [-0.2, 0) is 26.2 Å². The molecule has 0 fully saturated rings. The van der Waals surface area contributed by atoms with Gasteiger partial charge >= 0.3 is 0 Å². The molecule has 2 aromatic carbocycles. The topological polar surface area (TPSA) is 86.8 Å². The van der Waals surface area contributed by atoms with Gasteiger partial charge in [0.1, 0.15) is 12.6 Å². The van der Waals surface area contributed by atoms with E-state index in [9.17, 15) is 18.0 Å². The molecule has 0 bridgehead atoms. The van der Waals surface area contributed by atoms with Gasteiger partial charge in [0, 0.05) is 27.7 Å². The summed E-state index contributed by atoms with van der Waals surface area (Å²) in [5.74, 6) is -0.950. The molecule has 0 saturated heterocycles. The molecule has 0 aliphatic heterocycles. The van der Waals surface area contributed by atoms with E-state index in [2.05, 4.69) is 5.32 Å². The maximum atomic E-state index is 13.4.